The average molecular weight is 375 g/mol. The van der Waals surface area contributed by atoms with Gasteiger partial charge in [0.05, 0.1) is 5.92 Å². The van der Waals surface area contributed by atoms with Gasteiger partial charge in [-0.3, -0.25) is 4.79 Å². The van der Waals surface area contributed by atoms with Gasteiger partial charge >= 0.3 is 12.0 Å². The number of carboxylic acids is 1. The molecule has 3 rings (SSSR count). The summed E-state index contributed by atoms with van der Waals surface area (Å²) in [5, 5.41) is 12.1. The van der Waals surface area contributed by atoms with Crippen molar-refractivity contribution in [1.82, 2.24) is 15.2 Å². The summed E-state index contributed by atoms with van der Waals surface area (Å²) < 4.78 is 5.97. The van der Waals surface area contributed by atoms with Crippen LogP contribution in [0.3, 0.4) is 0 Å². The maximum Gasteiger partial charge on any atom is 0.317 e. The number of hydrogen-bond acceptors (Lipinski definition) is 4. The number of nitrogens with zero attached hydrogens (tertiary/aromatic N) is 2. The topological polar surface area (TPSA) is 91.8 Å². The molecule has 2 unspecified atom stereocenters. The molecule has 0 spiro atoms. The SMILES string of the molecule is CC1CC(C(=O)O)CN(C(=O)NCc2ccnc(OC3CCCCC3)c2)C1. The molecule has 1 aromatic rings. The van der Waals surface area contributed by atoms with Gasteiger partial charge in [0.15, 0.2) is 0 Å². The van der Waals surface area contributed by atoms with Crippen LogP contribution in [-0.2, 0) is 11.3 Å². The van der Waals surface area contributed by atoms with Crippen LogP contribution in [0, 0.1) is 11.8 Å². The van der Waals surface area contributed by atoms with Gasteiger partial charge in [0.1, 0.15) is 6.10 Å². The largest absolute Gasteiger partial charge is 0.481 e. The van der Waals surface area contributed by atoms with Gasteiger partial charge in [-0.1, -0.05) is 13.3 Å². The highest BCUT2D eigenvalue weighted by Gasteiger charge is 2.31. The van der Waals surface area contributed by atoms with E-state index in [0.29, 0.717) is 25.4 Å². The standard InChI is InChI=1S/C20H29N3O4/c1-14-9-16(19(24)25)13-23(12-14)20(26)22-11-15-7-8-21-18(10-15)27-17-5-3-2-4-6-17/h7-8,10,14,16-17H,2-6,9,11-13H2,1H3,(H,22,26)(H,24,25). The van der Waals surface area contributed by atoms with Crippen molar-refractivity contribution in [2.24, 2.45) is 11.8 Å². The van der Waals surface area contributed by atoms with Crippen molar-refractivity contribution in [3.05, 3.63) is 23.9 Å². The molecule has 2 amide bonds. The minimum atomic E-state index is -0.835. The lowest BCUT2D eigenvalue weighted by Gasteiger charge is -2.34. The lowest BCUT2D eigenvalue weighted by molar-refractivity contribution is -0.143. The quantitative estimate of drug-likeness (QED) is 0.825. The molecule has 7 heteroatoms. The van der Waals surface area contributed by atoms with E-state index in [-0.39, 0.29) is 24.6 Å². The fraction of sp³-hybridized carbons (Fsp3) is 0.650. The van der Waals surface area contributed by atoms with Crippen molar-refractivity contribution >= 4 is 12.0 Å². The van der Waals surface area contributed by atoms with E-state index in [1.54, 1.807) is 11.1 Å². The predicted molar refractivity (Wildman–Crippen MR) is 100 cm³/mol. The fourth-order valence-electron chi connectivity index (χ4n) is 3.96. The number of rotatable bonds is 5. The highest BCUT2D eigenvalue weighted by atomic mass is 16.5. The van der Waals surface area contributed by atoms with Crippen LogP contribution in [0.5, 0.6) is 5.88 Å². The number of aliphatic carboxylic acids is 1. The predicted octanol–water partition coefficient (Wildman–Crippen LogP) is 3.05. The van der Waals surface area contributed by atoms with Gasteiger partial charge in [-0.2, -0.15) is 0 Å². The number of amides is 2. The van der Waals surface area contributed by atoms with E-state index >= 15 is 0 Å². The summed E-state index contributed by atoms with van der Waals surface area (Å²) in [5.41, 5.74) is 0.920. The van der Waals surface area contributed by atoms with Gasteiger partial charge in [-0.05, 0) is 49.7 Å². The van der Waals surface area contributed by atoms with Crippen molar-refractivity contribution in [1.29, 1.82) is 0 Å². The van der Waals surface area contributed by atoms with Crippen LogP contribution in [0.25, 0.3) is 0 Å². The Bertz CT molecular complexity index is 660. The van der Waals surface area contributed by atoms with E-state index in [0.717, 1.165) is 18.4 Å². The highest BCUT2D eigenvalue weighted by Crippen LogP contribution is 2.23. The van der Waals surface area contributed by atoms with Crippen LogP contribution in [0.2, 0.25) is 0 Å². The summed E-state index contributed by atoms with van der Waals surface area (Å²) in [6.45, 7) is 3.19. The lowest BCUT2D eigenvalue weighted by Crippen LogP contribution is -2.49. The number of pyridine rings is 1. The molecule has 0 aromatic carbocycles. The van der Waals surface area contributed by atoms with Gasteiger partial charge in [-0.25, -0.2) is 9.78 Å². The zero-order chi connectivity index (χ0) is 19.2. The number of carbonyl (C=O) groups excluding carboxylic acids is 1. The molecule has 2 aliphatic rings. The number of aromatic nitrogens is 1. The van der Waals surface area contributed by atoms with E-state index in [2.05, 4.69) is 10.3 Å². The number of piperidine rings is 1. The van der Waals surface area contributed by atoms with E-state index in [1.165, 1.54) is 19.3 Å². The Kier molecular flexibility index (Phi) is 6.53. The molecule has 1 aromatic heterocycles. The van der Waals surface area contributed by atoms with E-state index < -0.39 is 11.9 Å². The Hall–Kier alpha value is -2.31. The Morgan fingerprint density at radius 1 is 1.30 bits per heavy atom. The molecular formula is C20H29N3O4. The average Bonchev–Trinajstić information content (AvgIpc) is 2.66. The van der Waals surface area contributed by atoms with Crippen molar-refractivity contribution in [3.63, 3.8) is 0 Å². The number of ether oxygens (including phenoxy) is 1. The molecule has 1 saturated heterocycles. The summed E-state index contributed by atoms with van der Waals surface area (Å²) in [5.74, 6) is -0.540. The molecule has 1 aliphatic heterocycles. The van der Waals surface area contributed by atoms with Crippen LogP contribution in [-0.4, -0.2) is 46.2 Å². The molecule has 148 valence electrons. The van der Waals surface area contributed by atoms with E-state index in [1.807, 2.05) is 19.1 Å². The summed E-state index contributed by atoms with van der Waals surface area (Å²) in [6.07, 6.45) is 8.36. The number of likely N-dealkylation sites (tertiary alicyclic amines) is 1. The number of carboxylic acid groups (broad SMARTS) is 1. The van der Waals surface area contributed by atoms with E-state index in [9.17, 15) is 14.7 Å². The Morgan fingerprint density at radius 2 is 2.07 bits per heavy atom. The summed E-state index contributed by atoms with van der Waals surface area (Å²) in [6, 6.07) is 3.50. The first-order valence-electron chi connectivity index (χ1n) is 9.88. The number of nitrogens with one attached hydrogen (secondary N) is 1. The van der Waals surface area contributed by atoms with Gasteiger partial charge in [0.25, 0.3) is 0 Å². The number of hydrogen-bond donors (Lipinski definition) is 2. The smallest absolute Gasteiger partial charge is 0.317 e. The lowest BCUT2D eigenvalue weighted by atomic mass is 9.91. The molecule has 7 nitrogen and oxygen atoms in total. The molecule has 2 atom stereocenters. The van der Waals surface area contributed by atoms with Crippen LogP contribution in [0.1, 0.15) is 51.0 Å². The second kappa shape index (κ2) is 9.06. The molecule has 0 bridgehead atoms. The number of urea groups is 1. The second-order valence-corrected chi connectivity index (χ2v) is 7.82. The Balaban J connectivity index is 1.52. The van der Waals surface area contributed by atoms with Crippen LogP contribution in [0.15, 0.2) is 18.3 Å². The van der Waals surface area contributed by atoms with Crippen LogP contribution < -0.4 is 10.1 Å². The van der Waals surface area contributed by atoms with Crippen molar-refractivity contribution < 1.29 is 19.4 Å². The third kappa shape index (κ3) is 5.58. The monoisotopic (exact) mass is 375 g/mol. The van der Waals surface area contributed by atoms with Gasteiger partial charge < -0.3 is 20.1 Å². The molecule has 2 heterocycles. The van der Waals surface area contributed by atoms with Crippen LogP contribution >= 0.6 is 0 Å². The molecule has 2 N–H and O–H groups in total. The van der Waals surface area contributed by atoms with Crippen molar-refractivity contribution in [2.45, 2.75) is 58.1 Å². The maximum atomic E-state index is 12.5. The molecule has 0 radical (unpaired) electrons. The first-order valence-corrected chi connectivity index (χ1v) is 9.88. The normalized spacial score (nSPS) is 23.7. The molecule has 27 heavy (non-hydrogen) atoms. The molecular weight excluding hydrogens is 346 g/mol. The maximum absolute atomic E-state index is 12.5. The fourth-order valence-corrected chi connectivity index (χ4v) is 3.96. The van der Waals surface area contributed by atoms with Gasteiger partial charge in [0, 0.05) is 31.9 Å². The zero-order valence-electron chi connectivity index (χ0n) is 15.9. The number of carbonyl (C=O) groups is 2. The first-order chi connectivity index (χ1) is 13.0. The van der Waals surface area contributed by atoms with Gasteiger partial charge in [-0.15, -0.1) is 0 Å². The third-order valence-electron chi connectivity index (χ3n) is 5.38. The second-order valence-electron chi connectivity index (χ2n) is 7.82. The minimum Gasteiger partial charge on any atom is -0.481 e. The molecule has 1 saturated carbocycles. The van der Waals surface area contributed by atoms with Gasteiger partial charge in [0.2, 0.25) is 5.88 Å². The third-order valence-corrected chi connectivity index (χ3v) is 5.38. The first kappa shape index (κ1) is 19.5. The Morgan fingerprint density at radius 3 is 2.81 bits per heavy atom. The molecule has 2 fully saturated rings. The van der Waals surface area contributed by atoms with E-state index in [4.69, 9.17) is 4.74 Å². The van der Waals surface area contributed by atoms with Crippen molar-refractivity contribution in [2.75, 3.05) is 13.1 Å². The van der Waals surface area contributed by atoms with Crippen molar-refractivity contribution in [3.8, 4) is 5.88 Å². The summed E-state index contributed by atoms with van der Waals surface area (Å²) >= 11 is 0. The highest BCUT2D eigenvalue weighted by molar-refractivity contribution is 5.76. The minimum absolute atomic E-state index is 0.182. The zero-order valence-corrected chi connectivity index (χ0v) is 15.9. The molecule has 1 aliphatic carbocycles. The summed E-state index contributed by atoms with van der Waals surface area (Å²) in [4.78, 5) is 29.6. The summed E-state index contributed by atoms with van der Waals surface area (Å²) in [7, 11) is 0. The van der Waals surface area contributed by atoms with Crippen LogP contribution in [0.4, 0.5) is 4.79 Å². The Labute approximate surface area is 160 Å².